The van der Waals surface area contributed by atoms with Crippen molar-refractivity contribution in [2.45, 2.75) is 24.5 Å². The van der Waals surface area contributed by atoms with Crippen LogP contribution in [0.15, 0.2) is 11.0 Å². The Balaban J connectivity index is -0.00000256. The topological polar surface area (TPSA) is 291 Å². The molecular formula is C10H14Li4N3O15P3. The molecule has 0 radical (unpaired) electrons. The normalized spacial score (nSPS) is 24.9. The zero-order valence-electron chi connectivity index (χ0n) is 19.1. The summed E-state index contributed by atoms with van der Waals surface area (Å²) in [5.41, 5.74) is 4.43. The van der Waals surface area contributed by atoms with Crippen molar-refractivity contribution in [1.82, 2.24) is 9.55 Å². The fourth-order valence-corrected chi connectivity index (χ4v) is 5.21. The number of nitrogen functional groups attached to an aromatic ring is 1. The van der Waals surface area contributed by atoms with Gasteiger partial charge in [-0.05, 0) is 0 Å². The van der Waals surface area contributed by atoms with Gasteiger partial charge in [0.05, 0.1) is 27.7 Å². The number of aliphatic hydroxyl groups is 2. The van der Waals surface area contributed by atoms with Gasteiger partial charge in [-0.1, -0.05) is 0 Å². The number of nitrogens with zero attached hydrogens (tertiary/aromatic N) is 2. The summed E-state index contributed by atoms with van der Waals surface area (Å²) in [5.74, 6) is -0.381. The standard InChI is InChI=1S/C10H18N3O15P3.4Li/c1-24-4-2-13(10(16)12-8(4)11)9-7(15)6(14)5(26-9)3-25-30(20,21)28-31(22,23)27-29(17,18)19;;;;/h2,5-7,9,14-15H,3H2,1H3,(H,20,21)(H,22,23)(H2,11,12,16)(H2,17,18,19);;;;/q;4*+1/p-4. The van der Waals surface area contributed by atoms with Crippen molar-refractivity contribution in [2.24, 2.45) is 0 Å². The molecule has 178 valence electrons. The van der Waals surface area contributed by atoms with Crippen LogP contribution in [0.3, 0.4) is 0 Å². The minimum absolute atomic E-state index is 0. The van der Waals surface area contributed by atoms with E-state index in [1.54, 1.807) is 0 Å². The van der Waals surface area contributed by atoms with E-state index in [4.69, 9.17) is 15.2 Å². The van der Waals surface area contributed by atoms with Crippen LogP contribution in [-0.4, -0.2) is 51.8 Å². The second-order valence-corrected chi connectivity index (χ2v) is 9.98. The predicted octanol–water partition coefficient (Wildman–Crippen LogP) is -16.7. The Morgan fingerprint density at radius 1 is 1.06 bits per heavy atom. The molecule has 1 aliphatic heterocycles. The summed E-state index contributed by atoms with van der Waals surface area (Å²) in [4.78, 5) is 58.6. The molecule has 4 N–H and O–H groups in total. The molecule has 0 saturated carbocycles. The first kappa shape index (κ1) is 40.7. The van der Waals surface area contributed by atoms with E-state index in [2.05, 4.69) is 18.1 Å². The van der Waals surface area contributed by atoms with Gasteiger partial charge < -0.3 is 54.1 Å². The largest absolute Gasteiger partial charge is 1.00 e. The number of methoxy groups -OCH3 is 1. The van der Waals surface area contributed by atoms with E-state index in [1.165, 1.54) is 7.11 Å². The first-order valence-corrected chi connectivity index (χ1v) is 12.1. The van der Waals surface area contributed by atoms with Crippen LogP contribution in [0.25, 0.3) is 0 Å². The van der Waals surface area contributed by atoms with Crippen LogP contribution in [0.4, 0.5) is 5.82 Å². The SMILES string of the molecule is COc1cn(C2OC(COP(=O)([O-])OP(=O)([O-])OP(=O)([O-])[O-])C(O)C2O)c(=O)nc1N.[Li+].[Li+].[Li+].[Li+]. The quantitative estimate of drug-likeness (QED) is 0.195. The molecule has 1 aromatic heterocycles. The van der Waals surface area contributed by atoms with Crippen molar-refractivity contribution in [3.63, 3.8) is 0 Å². The molecular weight excluding hydrogens is 523 g/mol. The van der Waals surface area contributed by atoms with Gasteiger partial charge in [-0.2, -0.15) is 4.98 Å². The third-order valence-electron chi connectivity index (χ3n) is 3.57. The predicted molar refractivity (Wildman–Crippen MR) is 86.3 cm³/mol. The smallest absolute Gasteiger partial charge is 0.790 e. The van der Waals surface area contributed by atoms with Crippen molar-refractivity contribution >= 4 is 29.3 Å². The third-order valence-corrected chi connectivity index (χ3v) is 7.24. The van der Waals surface area contributed by atoms with Gasteiger partial charge >= 0.3 is 81.1 Å². The number of nitrogens with two attached hydrogens (primary N) is 1. The Bertz CT molecular complexity index is 1030. The van der Waals surface area contributed by atoms with Crippen molar-refractivity contribution < 1.29 is 142 Å². The maximum absolute atomic E-state index is 12.0. The summed E-state index contributed by atoms with van der Waals surface area (Å²) in [6.07, 6.45) is -5.98. The Morgan fingerprint density at radius 2 is 1.60 bits per heavy atom. The van der Waals surface area contributed by atoms with Crippen LogP contribution >= 0.6 is 23.5 Å². The van der Waals surface area contributed by atoms with Crippen molar-refractivity contribution in [3.8, 4) is 5.75 Å². The minimum Gasteiger partial charge on any atom is -0.790 e. The number of rotatable bonds is 9. The van der Waals surface area contributed by atoms with E-state index in [9.17, 15) is 48.3 Å². The average Bonchev–Trinajstić information content (AvgIpc) is 2.85. The van der Waals surface area contributed by atoms with Crippen molar-refractivity contribution in [1.29, 1.82) is 0 Å². The molecule has 0 bridgehead atoms. The Morgan fingerprint density at radius 3 is 2.09 bits per heavy atom. The van der Waals surface area contributed by atoms with Crippen molar-refractivity contribution in [2.75, 3.05) is 19.5 Å². The van der Waals surface area contributed by atoms with Crippen LogP contribution in [0.5, 0.6) is 5.75 Å². The first-order chi connectivity index (χ1) is 14.1. The number of hydrogen-bond donors (Lipinski definition) is 3. The van der Waals surface area contributed by atoms with E-state index in [-0.39, 0.29) is 87.0 Å². The van der Waals surface area contributed by atoms with Gasteiger partial charge in [0.15, 0.2) is 17.8 Å². The fourth-order valence-electron chi connectivity index (χ4n) is 2.35. The van der Waals surface area contributed by atoms with Crippen LogP contribution in [0, 0.1) is 0 Å². The summed E-state index contributed by atoms with van der Waals surface area (Å²) in [5, 5.41) is 20.1. The molecule has 1 aliphatic rings. The van der Waals surface area contributed by atoms with Gasteiger partial charge in [0.2, 0.25) is 0 Å². The molecule has 18 nitrogen and oxygen atoms in total. The monoisotopic (exact) mass is 537 g/mol. The maximum atomic E-state index is 12.0. The van der Waals surface area contributed by atoms with E-state index in [0.29, 0.717) is 4.57 Å². The second-order valence-electron chi connectivity index (χ2n) is 5.73. The Hall–Kier alpha value is 1.16. The number of phosphoric acid groups is 3. The molecule has 6 atom stereocenters. The van der Waals surface area contributed by atoms with Crippen LogP contribution < -0.4 is 111 Å². The van der Waals surface area contributed by atoms with Gasteiger partial charge in [-0.25, -0.2) is 9.11 Å². The molecule has 0 aromatic carbocycles. The summed E-state index contributed by atoms with van der Waals surface area (Å²) >= 11 is 0. The molecule has 1 saturated heterocycles. The first-order valence-electron chi connectivity index (χ1n) is 7.71. The van der Waals surface area contributed by atoms with Crippen molar-refractivity contribution in [3.05, 3.63) is 16.7 Å². The maximum Gasteiger partial charge on any atom is 1.00 e. The molecule has 2 rings (SSSR count). The minimum atomic E-state index is -6.18. The van der Waals surface area contributed by atoms with E-state index >= 15 is 0 Å². The number of ether oxygens (including phenoxy) is 2. The number of anilines is 1. The number of hydrogen-bond acceptors (Lipinski definition) is 17. The molecule has 1 aromatic rings. The summed E-state index contributed by atoms with van der Waals surface area (Å²) in [7, 11) is -17.0. The van der Waals surface area contributed by atoms with E-state index in [0.717, 1.165) is 6.20 Å². The molecule has 0 spiro atoms. The zero-order chi connectivity index (χ0) is 23.8. The summed E-state index contributed by atoms with van der Waals surface area (Å²) in [6, 6.07) is 0. The van der Waals surface area contributed by atoms with Gasteiger partial charge in [0.1, 0.15) is 18.3 Å². The Labute approximate surface area is 245 Å². The molecule has 6 unspecified atom stereocenters. The van der Waals surface area contributed by atoms with Gasteiger partial charge in [-0.3, -0.25) is 18.0 Å². The third kappa shape index (κ3) is 11.8. The number of phosphoric ester groups is 1. The van der Waals surface area contributed by atoms with Crippen LogP contribution in [0.1, 0.15) is 6.23 Å². The molecule has 25 heteroatoms. The van der Waals surface area contributed by atoms with Gasteiger partial charge in [0, 0.05) is 0 Å². The van der Waals surface area contributed by atoms with Gasteiger partial charge in [-0.15, -0.1) is 0 Å². The van der Waals surface area contributed by atoms with Crippen LogP contribution in [-0.2, 0) is 31.6 Å². The summed E-state index contributed by atoms with van der Waals surface area (Å²) in [6.45, 7) is -1.17. The number of aliphatic hydroxyl groups excluding tert-OH is 2. The molecule has 35 heavy (non-hydrogen) atoms. The number of aromatic nitrogens is 2. The second kappa shape index (κ2) is 15.7. The summed E-state index contributed by atoms with van der Waals surface area (Å²) < 4.78 is 54.1. The fraction of sp³-hybridized carbons (Fsp3) is 0.600. The zero-order valence-corrected chi connectivity index (χ0v) is 21.8. The molecule has 2 heterocycles. The molecule has 0 aliphatic carbocycles. The van der Waals surface area contributed by atoms with Crippen LogP contribution in [0.2, 0.25) is 0 Å². The Kier molecular flexibility index (Phi) is 18.2. The molecule has 1 fully saturated rings. The average molecular weight is 537 g/mol. The van der Waals surface area contributed by atoms with E-state index < -0.39 is 60.3 Å². The van der Waals surface area contributed by atoms with E-state index in [1.807, 2.05) is 0 Å². The molecule has 0 amide bonds. The van der Waals surface area contributed by atoms with Gasteiger partial charge in [0.25, 0.3) is 15.6 Å².